The molecule has 2 N–H and O–H groups in total. The third kappa shape index (κ3) is 1.89. The summed E-state index contributed by atoms with van der Waals surface area (Å²) in [5.41, 5.74) is 6.56. The number of fused-ring (bicyclic) bond motifs is 1. The van der Waals surface area contributed by atoms with E-state index in [1.165, 1.54) is 21.8 Å². The van der Waals surface area contributed by atoms with Crippen molar-refractivity contribution in [2.75, 3.05) is 5.73 Å². The molecule has 7 nitrogen and oxygen atoms in total. The molecular weight excluding hydrogens is 256 g/mol. The van der Waals surface area contributed by atoms with Gasteiger partial charge in [0.2, 0.25) is 0 Å². The van der Waals surface area contributed by atoms with Gasteiger partial charge in [-0.15, -0.1) is 0 Å². The maximum atomic E-state index is 11.9. The van der Waals surface area contributed by atoms with Crippen LogP contribution >= 0.6 is 0 Å². The number of hydrogen-bond acceptors (Lipinski definition) is 5. The second kappa shape index (κ2) is 4.51. The Hall–Kier alpha value is -3.14. The van der Waals surface area contributed by atoms with Gasteiger partial charge in [-0.2, -0.15) is 9.78 Å². The summed E-state index contributed by atoms with van der Waals surface area (Å²) in [6, 6.07) is 6.30. The molecule has 0 aliphatic rings. The number of pyridine rings is 1. The highest BCUT2D eigenvalue weighted by Crippen LogP contribution is 2.06. The Balaban J connectivity index is 2.12. The smallest absolute Gasteiger partial charge is 0.264 e. The van der Waals surface area contributed by atoms with Crippen molar-refractivity contribution in [3.63, 3.8) is 0 Å². The van der Waals surface area contributed by atoms with Crippen LogP contribution in [0, 0.1) is 12.0 Å². The third-order valence-electron chi connectivity index (χ3n) is 2.78. The normalized spacial score (nSPS) is 10.2. The van der Waals surface area contributed by atoms with E-state index >= 15 is 0 Å². The number of aryl methyl sites for hydroxylation is 1. The lowest BCUT2D eigenvalue weighted by atomic mass is 10.3. The molecule has 0 radical (unpaired) electrons. The van der Waals surface area contributed by atoms with Crippen LogP contribution in [0.25, 0.3) is 11.0 Å². The summed E-state index contributed by atoms with van der Waals surface area (Å²) in [6.07, 6.45) is 4.48. The Morgan fingerprint density at radius 1 is 1.35 bits per heavy atom. The fourth-order valence-electron chi connectivity index (χ4n) is 1.72. The molecule has 0 amide bonds. The van der Waals surface area contributed by atoms with E-state index in [0.29, 0.717) is 22.4 Å². The fraction of sp³-hybridized carbons (Fsp3) is 0.0769. The van der Waals surface area contributed by atoms with Crippen LogP contribution in [0.15, 0.2) is 35.6 Å². The van der Waals surface area contributed by atoms with Gasteiger partial charge >= 0.3 is 0 Å². The van der Waals surface area contributed by atoms with E-state index < -0.39 is 0 Å². The number of rotatable bonds is 0. The minimum absolute atomic E-state index is 0.163. The van der Waals surface area contributed by atoms with Crippen LogP contribution in [0.5, 0.6) is 0 Å². The SMILES string of the molecule is Cn1cnc2c(cnn2C#Cc2cccnc2N)c1=O. The van der Waals surface area contributed by atoms with Crippen LogP contribution in [0.3, 0.4) is 0 Å². The highest BCUT2D eigenvalue weighted by molar-refractivity contribution is 5.73. The zero-order chi connectivity index (χ0) is 14.1. The third-order valence-corrected chi connectivity index (χ3v) is 2.78. The molecule has 20 heavy (non-hydrogen) atoms. The highest BCUT2D eigenvalue weighted by Gasteiger charge is 2.07. The maximum absolute atomic E-state index is 11.9. The first kappa shape index (κ1) is 11.9. The van der Waals surface area contributed by atoms with Crippen molar-refractivity contribution in [3.05, 3.63) is 46.8 Å². The molecule has 0 unspecified atom stereocenters. The highest BCUT2D eigenvalue weighted by atomic mass is 16.1. The van der Waals surface area contributed by atoms with Crippen molar-refractivity contribution in [3.8, 4) is 12.0 Å². The Morgan fingerprint density at radius 3 is 3.00 bits per heavy atom. The summed E-state index contributed by atoms with van der Waals surface area (Å²) >= 11 is 0. The van der Waals surface area contributed by atoms with Crippen LogP contribution in [0.1, 0.15) is 5.56 Å². The minimum atomic E-state index is -0.163. The molecule has 0 saturated heterocycles. The van der Waals surface area contributed by atoms with Gasteiger partial charge in [0.05, 0.1) is 18.1 Å². The summed E-state index contributed by atoms with van der Waals surface area (Å²) in [4.78, 5) is 20.0. The Bertz CT molecular complexity index is 912. The predicted molar refractivity (Wildman–Crippen MR) is 73.7 cm³/mol. The van der Waals surface area contributed by atoms with E-state index in [-0.39, 0.29) is 5.56 Å². The van der Waals surface area contributed by atoms with E-state index in [0.717, 1.165) is 0 Å². The van der Waals surface area contributed by atoms with Gasteiger partial charge in [0, 0.05) is 19.3 Å². The van der Waals surface area contributed by atoms with Gasteiger partial charge < -0.3 is 10.3 Å². The quantitative estimate of drug-likeness (QED) is 0.577. The average molecular weight is 266 g/mol. The largest absolute Gasteiger partial charge is 0.383 e. The van der Waals surface area contributed by atoms with Gasteiger partial charge in [-0.1, -0.05) is 0 Å². The van der Waals surface area contributed by atoms with Crippen LogP contribution in [-0.4, -0.2) is 24.3 Å². The number of nitrogens with two attached hydrogens (primary N) is 1. The lowest BCUT2D eigenvalue weighted by Crippen LogP contribution is -2.16. The minimum Gasteiger partial charge on any atom is -0.383 e. The maximum Gasteiger partial charge on any atom is 0.264 e. The molecule has 3 rings (SSSR count). The molecule has 3 heterocycles. The van der Waals surface area contributed by atoms with Crippen molar-refractivity contribution in [1.82, 2.24) is 24.3 Å². The Kier molecular flexibility index (Phi) is 2.69. The van der Waals surface area contributed by atoms with Crippen molar-refractivity contribution in [1.29, 1.82) is 0 Å². The molecule has 0 aromatic carbocycles. The van der Waals surface area contributed by atoms with E-state index in [2.05, 4.69) is 27.0 Å². The van der Waals surface area contributed by atoms with Crippen LogP contribution in [0.4, 0.5) is 5.82 Å². The van der Waals surface area contributed by atoms with Gasteiger partial charge in [0.15, 0.2) is 5.65 Å². The average Bonchev–Trinajstić information content (AvgIpc) is 2.86. The van der Waals surface area contributed by atoms with Crippen molar-refractivity contribution in [2.24, 2.45) is 7.05 Å². The van der Waals surface area contributed by atoms with Crippen LogP contribution in [0.2, 0.25) is 0 Å². The lowest BCUT2D eigenvalue weighted by molar-refractivity contribution is 0.835. The monoisotopic (exact) mass is 266 g/mol. The van der Waals surface area contributed by atoms with Crippen molar-refractivity contribution < 1.29 is 0 Å². The van der Waals surface area contributed by atoms with Gasteiger partial charge in [0.25, 0.3) is 5.56 Å². The molecule has 0 aliphatic heterocycles. The lowest BCUT2D eigenvalue weighted by Gasteiger charge is -1.96. The molecule has 7 heteroatoms. The first-order valence-corrected chi connectivity index (χ1v) is 5.78. The van der Waals surface area contributed by atoms with Gasteiger partial charge in [-0.05, 0) is 18.1 Å². The second-order valence-corrected chi connectivity index (χ2v) is 4.13. The van der Waals surface area contributed by atoms with Gasteiger partial charge in [-0.25, -0.2) is 9.97 Å². The molecule has 0 saturated carbocycles. The first-order chi connectivity index (χ1) is 9.66. The Morgan fingerprint density at radius 2 is 2.20 bits per heavy atom. The Labute approximate surface area is 113 Å². The van der Waals surface area contributed by atoms with Crippen molar-refractivity contribution >= 4 is 16.9 Å². The number of nitrogen functional groups attached to an aromatic ring is 1. The molecular formula is C13H10N6O. The predicted octanol–water partition coefficient (Wildman–Crippen LogP) is -0.0355. The zero-order valence-electron chi connectivity index (χ0n) is 10.6. The molecule has 0 spiro atoms. The molecule has 3 aromatic heterocycles. The van der Waals surface area contributed by atoms with Gasteiger partial charge in [-0.3, -0.25) is 4.79 Å². The number of hydrogen-bond donors (Lipinski definition) is 1. The van der Waals surface area contributed by atoms with Gasteiger partial charge in [0.1, 0.15) is 11.2 Å². The summed E-state index contributed by atoms with van der Waals surface area (Å²) in [6.45, 7) is 0. The van der Waals surface area contributed by atoms with Crippen molar-refractivity contribution in [2.45, 2.75) is 0 Å². The van der Waals surface area contributed by atoms with E-state index in [4.69, 9.17) is 5.73 Å². The topological polar surface area (TPSA) is 91.6 Å². The number of anilines is 1. The summed E-state index contributed by atoms with van der Waals surface area (Å²) in [5.74, 6) is 3.20. The van der Waals surface area contributed by atoms with Crippen LogP contribution in [-0.2, 0) is 7.05 Å². The molecule has 3 aromatic rings. The number of aromatic nitrogens is 5. The van der Waals surface area contributed by atoms with E-state index in [1.807, 2.05) is 0 Å². The summed E-state index contributed by atoms with van der Waals surface area (Å²) in [7, 11) is 1.63. The molecule has 0 fully saturated rings. The molecule has 98 valence electrons. The molecule has 0 atom stereocenters. The summed E-state index contributed by atoms with van der Waals surface area (Å²) in [5, 5.41) is 4.47. The summed E-state index contributed by atoms with van der Waals surface area (Å²) < 4.78 is 2.74. The second-order valence-electron chi connectivity index (χ2n) is 4.13. The standard InChI is InChI=1S/C13H10N6O/c1-18-8-16-12-10(13(18)20)7-17-19(12)6-4-9-3-2-5-15-11(9)14/h2-3,5,7-8H,1H3,(H2,14,15). The van der Waals surface area contributed by atoms with E-state index in [1.54, 1.807) is 25.4 Å². The molecule has 0 bridgehead atoms. The number of nitrogens with zero attached hydrogens (tertiary/aromatic N) is 5. The van der Waals surface area contributed by atoms with Crippen LogP contribution < -0.4 is 11.3 Å². The molecule has 0 aliphatic carbocycles. The first-order valence-electron chi connectivity index (χ1n) is 5.78. The zero-order valence-corrected chi connectivity index (χ0v) is 10.6. The fourth-order valence-corrected chi connectivity index (χ4v) is 1.72. The van der Waals surface area contributed by atoms with E-state index in [9.17, 15) is 4.79 Å².